The van der Waals surface area contributed by atoms with E-state index in [2.05, 4.69) is 23.6 Å². The van der Waals surface area contributed by atoms with Crippen LogP contribution < -0.4 is 4.90 Å². The summed E-state index contributed by atoms with van der Waals surface area (Å²) in [6, 6.07) is 8.19. The molecule has 0 heterocycles. The van der Waals surface area contributed by atoms with Crippen LogP contribution in [0.25, 0.3) is 6.08 Å². The van der Waals surface area contributed by atoms with Crippen LogP contribution in [0.2, 0.25) is 0 Å². The zero-order valence-electron chi connectivity index (χ0n) is 7.04. The van der Waals surface area contributed by atoms with Crippen LogP contribution in [0.15, 0.2) is 30.8 Å². The van der Waals surface area contributed by atoms with Crippen LogP contribution in [-0.4, -0.2) is 14.1 Å². The average Bonchev–Trinajstić information content (AvgIpc) is 2.04. The molecule has 0 N–H and O–H groups in total. The molecule has 0 fully saturated rings. The lowest BCUT2D eigenvalue weighted by atomic mass is 10.1. The van der Waals surface area contributed by atoms with E-state index in [-0.39, 0.29) is 0 Å². The molecule has 1 aromatic rings. The largest absolute Gasteiger partial charge is 0.377 e. The molecule has 0 aromatic heterocycles. The summed E-state index contributed by atoms with van der Waals surface area (Å²) >= 11 is 0. The Bertz CT molecular complexity index is 251. The van der Waals surface area contributed by atoms with Crippen LogP contribution in [0, 0.1) is 0 Å². The molecular weight excluding hydrogens is 134 g/mol. The average molecular weight is 147 g/mol. The molecule has 0 atom stereocenters. The van der Waals surface area contributed by atoms with E-state index in [9.17, 15) is 0 Å². The molecule has 0 unspecified atom stereocenters. The van der Waals surface area contributed by atoms with Gasteiger partial charge in [0.05, 0.1) is 0 Å². The van der Waals surface area contributed by atoms with Gasteiger partial charge in [-0.1, -0.05) is 30.9 Å². The van der Waals surface area contributed by atoms with Gasteiger partial charge in [-0.3, -0.25) is 0 Å². The highest BCUT2D eigenvalue weighted by atomic mass is 15.1. The molecule has 1 rings (SSSR count). The van der Waals surface area contributed by atoms with Gasteiger partial charge in [0, 0.05) is 19.8 Å². The van der Waals surface area contributed by atoms with Crippen LogP contribution in [0.4, 0.5) is 5.69 Å². The van der Waals surface area contributed by atoms with E-state index in [1.165, 1.54) is 11.3 Å². The maximum absolute atomic E-state index is 3.75. The monoisotopic (exact) mass is 147 g/mol. The molecule has 0 saturated carbocycles. The van der Waals surface area contributed by atoms with Crippen molar-refractivity contribution in [2.45, 2.75) is 0 Å². The lowest BCUT2D eigenvalue weighted by molar-refractivity contribution is 1.13. The molecule has 1 nitrogen and oxygen atoms in total. The standard InChI is InChI=1S/C10H13N/c1-4-9-7-5-6-8-10(9)11(2)3/h4-8H,1H2,2-3H3. The Morgan fingerprint density at radius 2 is 1.91 bits per heavy atom. The van der Waals surface area contributed by atoms with E-state index in [0.29, 0.717) is 0 Å². The summed E-state index contributed by atoms with van der Waals surface area (Å²) in [6.07, 6.45) is 1.87. The zero-order valence-corrected chi connectivity index (χ0v) is 7.04. The number of hydrogen-bond acceptors (Lipinski definition) is 1. The number of para-hydroxylation sites is 1. The minimum Gasteiger partial charge on any atom is -0.377 e. The predicted molar refractivity (Wildman–Crippen MR) is 50.9 cm³/mol. The molecule has 0 bridgehead atoms. The molecule has 0 radical (unpaired) electrons. The van der Waals surface area contributed by atoms with Gasteiger partial charge in [-0.05, 0) is 11.6 Å². The lowest BCUT2D eigenvalue weighted by Crippen LogP contribution is -2.09. The summed E-state index contributed by atoms with van der Waals surface area (Å²) in [7, 11) is 4.06. The van der Waals surface area contributed by atoms with Crippen molar-refractivity contribution in [2.75, 3.05) is 19.0 Å². The third kappa shape index (κ3) is 1.61. The van der Waals surface area contributed by atoms with E-state index in [0.717, 1.165) is 0 Å². The van der Waals surface area contributed by atoms with Crippen molar-refractivity contribution in [2.24, 2.45) is 0 Å². The molecule has 0 spiro atoms. The van der Waals surface area contributed by atoms with E-state index in [1.54, 1.807) is 0 Å². The fourth-order valence-corrected chi connectivity index (χ4v) is 1.07. The van der Waals surface area contributed by atoms with Crippen LogP contribution in [0.3, 0.4) is 0 Å². The highest BCUT2D eigenvalue weighted by Gasteiger charge is 1.97. The van der Waals surface area contributed by atoms with Gasteiger partial charge in [0.1, 0.15) is 0 Å². The number of benzene rings is 1. The van der Waals surface area contributed by atoms with Gasteiger partial charge in [0.15, 0.2) is 0 Å². The van der Waals surface area contributed by atoms with Gasteiger partial charge in [0.25, 0.3) is 0 Å². The number of nitrogens with zero attached hydrogens (tertiary/aromatic N) is 1. The van der Waals surface area contributed by atoms with Crippen molar-refractivity contribution in [3.63, 3.8) is 0 Å². The maximum atomic E-state index is 3.75. The minimum absolute atomic E-state index is 1.18. The third-order valence-corrected chi connectivity index (χ3v) is 1.64. The molecule has 1 heteroatoms. The second-order valence-electron chi connectivity index (χ2n) is 2.66. The first-order chi connectivity index (χ1) is 5.25. The topological polar surface area (TPSA) is 3.24 Å². The summed E-state index contributed by atoms with van der Waals surface area (Å²) in [4.78, 5) is 2.08. The van der Waals surface area contributed by atoms with Crippen molar-refractivity contribution in [1.29, 1.82) is 0 Å². The van der Waals surface area contributed by atoms with Gasteiger partial charge in [-0.25, -0.2) is 0 Å². The SMILES string of the molecule is C=Cc1ccccc1N(C)C. The first-order valence-corrected chi connectivity index (χ1v) is 3.64. The van der Waals surface area contributed by atoms with Gasteiger partial charge < -0.3 is 4.90 Å². The lowest BCUT2D eigenvalue weighted by Gasteiger charge is -2.14. The molecule has 0 saturated heterocycles. The smallest absolute Gasteiger partial charge is 0.0434 e. The Labute approximate surface area is 68.0 Å². The molecule has 0 aliphatic carbocycles. The molecule has 0 amide bonds. The summed E-state index contributed by atoms with van der Waals surface area (Å²) in [5, 5.41) is 0. The fraction of sp³-hybridized carbons (Fsp3) is 0.200. The number of rotatable bonds is 2. The Hall–Kier alpha value is -1.24. The van der Waals surface area contributed by atoms with Crippen molar-refractivity contribution >= 4 is 11.8 Å². The second-order valence-corrected chi connectivity index (χ2v) is 2.66. The van der Waals surface area contributed by atoms with Crippen molar-refractivity contribution in [3.05, 3.63) is 36.4 Å². The Morgan fingerprint density at radius 3 is 2.36 bits per heavy atom. The summed E-state index contributed by atoms with van der Waals surface area (Å²) in [5.41, 5.74) is 2.39. The van der Waals surface area contributed by atoms with Crippen molar-refractivity contribution < 1.29 is 0 Å². The molecule has 0 aliphatic rings. The zero-order chi connectivity index (χ0) is 8.27. The first kappa shape index (κ1) is 7.86. The Morgan fingerprint density at radius 1 is 1.27 bits per heavy atom. The predicted octanol–water partition coefficient (Wildman–Crippen LogP) is 2.40. The van der Waals surface area contributed by atoms with Gasteiger partial charge in [0.2, 0.25) is 0 Å². The van der Waals surface area contributed by atoms with Gasteiger partial charge in [-0.15, -0.1) is 0 Å². The summed E-state index contributed by atoms with van der Waals surface area (Å²) in [6.45, 7) is 3.75. The van der Waals surface area contributed by atoms with E-state index in [4.69, 9.17) is 0 Å². The van der Waals surface area contributed by atoms with Crippen LogP contribution in [0.1, 0.15) is 5.56 Å². The molecule has 1 aromatic carbocycles. The molecule has 0 aliphatic heterocycles. The molecule has 58 valence electrons. The number of anilines is 1. The second kappa shape index (κ2) is 3.24. The molecular formula is C10H13N. The molecule has 11 heavy (non-hydrogen) atoms. The van der Waals surface area contributed by atoms with Crippen molar-refractivity contribution in [3.8, 4) is 0 Å². The maximum Gasteiger partial charge on any atom is 0.0434 e. The van der Waals surface area contributed by atoms with E-state index >= 15 is 0 Å². The van der Waals surface area contributed by atoms with Crippen LogP contribution in [-0.2, 0) is 0 Å². The fourth-order valence-electron chi connectivity index (χ4n) is 1.07. The quantitative estimate of drug-likeness (QED) is 0.621. The first-order valence-electron chi connectivity index (χ1n) is 3.64. The Kier molecular flexibility index (Phi) is 2.32. The normalized spacial score (nSPS) is 9.27. The highest BCUT2D eigenvalue weighted by Crippen LogP contribution is 2.18. The summed E-state index contributed by atoms with van der Waals surface area (Å²) in [5.74, 6) is 0. The van der Waals surface area contributed by atoms with E-state index < -0.39 is 0 Å². The van der Waals surface area contributed by atoms with Crippen LogP contribution in [0.5, 0.6) is 0 Å². The third-order valence-electron chi connectivity index (χ3n) is 1.64. The Balaban J connectivity index is 3.12. The van der Waals surface area contributed by atoms with Crippen molar-refractivity contribution in [1.82, 2.24) is 0 Å². The van der Waals surface area contributed by atoms with E-state index in [1.807, 2.05) is 32.3 Å². The minimum atomic E-state index is 1.18. The van der Waals surface area contributed by atoms with Gasteiger partial charge >= 0.3 is 0 Å². The van der Waals surface area contributed by atoms with Gasteiger partial charge in [-0.2, -0.15) is 0 Å². The highest BCUT2D eigenvalue weighted by molar-refractivity contribution is 5.66. The number of hydrogen-bond donors (Lipinski definition) is 0. The van der Waals surface area contributed by atoms with Crippen LogP contribution >= 0.6 is 0 Å². The summed E-state index contributed by atoms with van der Waals surface area (Å²) < 4.78 is 0.